The molecular formula is C23H18Cl2N6. The number of H-pyrrole nitrogens is 1. The summed E-state index contributed by atoms with van der Waals surface area (Å²) in [5, 5.41) is 17.0. The molecule has 0 spiro atoms. The second kappa shape index (κ2) is 8.41. The Labute approximate surface area is 188 Å². The number of nitrogens with one attached hydrogen (secondary N) is 3. The molecule has 0 radical (unpaired) electrons. The van der Waals surface area contributed by atoms with Crippen LogP contribution in [0.3, 0.4) is 0 Å². The van der Waals surface area contributed by atoms with Crippen molar-refractivity contribution in [1.82, 2.24) is 20.2 Å². The first-order valence-electron chi connectivity index (χ1n) is 9.80. The maximum atomic E-state index is 6.39. The highest BCUT2D eigenvalue weighted by molar-refractivity contribution is 6.36. The lowest BCUT2D eigenvalue weighted by molar-refractivity contribution is 1.06. The van der Waals surface area contributed by atoms with Crippen LogP contribution in [0.25, 0.3) is 33.2 Å². The van der Waals surface area contributed by atoms with Crippen LogP contribution in [-0.2, 0) is 0 Å². The van der Waals surface area contributed by atoms with Gasteiger partial charge in [-0.05, 0) is 48.5 Å². The van der Waals surface area contributed by atoms with E-state index in [-0.39, 0.29) is 0 Å². The SMILES string of the molecule is Clc1ccc(-c2nc(NCCNc3ccc4cn[nH]c4c3)c3ccccc3n2)c(Cl)c1. The van der Waals surface area contributed by atoms with Crippen LogP contribution >= 0.6 is 23.2 Å². The van der Waals surface area contributed by atoms with Crippen molar-refractivity contribution < 1.29 is 0 Å². The maximum absolute atomic E-state index is 6.39. The molecule has 6 nitrogen and oxygen atoms in total. The number of hydrogen-bond donors (Lipinski definition) is 3. The van der Waals surface area contributed by atoms with Crippen molar-refractivity contribution >= 4 is 56.5 Å². The van der Waals surface area contributed by atoms with E-state index in [9.17, 15) is 0 Å². The predicted octanol–water partition coefficient (Wildman–Crippen LogP) is 6.00. The zero-order chi connectivity index (χ0) is 21.2. The van der Waals surface area contributed by atoms with Crippen LogP contribution in [0.4, 0.5) is 11.5 Å². The summed E-state index contributed by atoms with van der Waals surface area (Å²) in [6, 6.07) is 19.3. The van der Waals surface area contributed by atoms with Gasteiger partial charge in [-0.25, -0.2) is 9.97 Å². The number of aromatic amines is 1. The van der Waals surface area contributed by atoms with Gasteiger partial charge in [0.2, 0.25) is 0 Å². The molecule has 0 aliphatic carbocycles. The normalized spacial score (nSPS) is 11.2. The van der Waals surface area contributed by atoms with Gasteiger partial charge in [-0.15, -0.1) is 0 Å². The van der Waals surface area contributed by atoms with E-state index in [2.05, 4.69) is 20.8 Å². The van der Waals surface area contributed by atoms with E-state index in [0.717, 1.165) is 45.4 Å². The summed E-state index contributed by atoms with van der Waals surface area (Å²) in [4.78, 5) is 9.44. The van der Waals surface area contributed by atoms with Crippen LogP contribution in [0.1, 0.15) is 0 Å². The van der Waals surface area contributed by atoms with Gasteiger partial charge in [0, 0.05) is 40.1 Å². The van der Waals surface area contributed by atoms with Gasteiger partial charge in [0.15, 0.2) is 5.82 Å². The molecule has 8 heteroatoms. The van der Waals surface area contributed by atoms with Crippen LogP contribution in [0.5, 0.6) is 0 Å². The number of fused-ring (bicyclic) bond motifs is 2. The third kappa shape index (κ3) is 4.13. The molecule has 154 valence electrons. The summed E-state index contributed by atoms with van der Waals surface area (Å²) in [5.74, 6) is 1.32. The molecule has 0 aliphatic heterocycles. The van der Waals surface area contributed by atoms with Gasteiger partial charge in [0.1, 0.15) is 5.82 Å². The molecule has 0 amide bonds. The van der Waals surface area contributed by atoms with Crippen LogP contribution in [0, 0.1) is 0 Å². The summed E-state index contributed by atoms with van der Waals surface area (Å²) in [5.41, 5.74) is 3.62. The molecule has 5 rings (SSSR count). The molecule has 31 heavy (non-hydrogen) atoms. The van der Waals surface area contributed by atoms with Crippen LogP contribution in [-0.4, -0.2) is 33.3 Å². The van der Waals surface area contributed by atoms with E-state index in [1.807, 2.05) is 54.7 Å². The predicted molar refractivity (Wildman–Crippen MR) is 128 cm³/mol. The highest BCUT2D eigenvalue weighted by Crippen LogP contribution is 2.31. The topological polar surface area (TPSA) is 78.5 Å². The number of hydrogen-bond acceptors (Lipinski definition) is 5. The van der Waals surface area contributed by atoms with Gasteiger partial charge in [0.25, 0.3) is 0 Å². The summed E-state index contributed by atoms with van der Waals surface area (Å²) in [6.07, 6.45) is 1.81. The molecular weight excluding hydrogens is 431 g/mol. The zero-order valence-electron chi connectivity index (χ0n) is 16.4. The second-order valence-electron chi connectivity index (χ2n) is 7.06. The zero-order valence-corrected chi connectivity index (χ0v) is 17.9. The molecule has 0 fully saturated rings. The lowest BCUT2D eigenvalue weighted by Crippen LogP contribution is -2.15. The Bertz CT molecular complexity index is 1380. The first-order valence-corrected chi connectivity index (χ1v) is 10.6. The first kappa shape index (κ1) is 19.6. The Balaban J connectivity index is 1.36. The van der Waals surface area contributed by atoms with Crippen LogP contribution in [0.15, 0.2) is 66.9 Å². The minimum Gasteiger partial charge on any atom is -0.383 e. The van der Waals surface area contributed by atoms with Crippen molar-refractivity contribution in [2.24, 2.45) is 0 Å². The molecule has 0 unspecified atom stereocenters. The Morgan fingerprint density at radius 3 is 2.65 bits per heavy atom. The number of benzene rings is 3. The Morgan fingerprint density at radius 2 is 1.74 bits per heavy atom. The van der Waals surface area contributed by atoms with Crippen molar-refractivity contribution in [3.05, 3.63) is 76.9 Å². The number of rotatable bonds is 6. The number of nitrogens with zero attached hydrogens (tertiary/aromatic N) is 3. The summed E-state index contributed by atoms with van der Waals surface area (Å²) < 4.78 is 0. The second-order valence-corrected chi connectivity index (χ2v) is 7.91. The molecule has 0 saturated carbocycles. The summed E-state index contributed by atoms with van der Waals surface area (Å²) >= 11 is 12.4. The molecule has 0 aliphatic rings. The minimum absolute atomic E-state index is 0.518. The Kier molecular flexibility index (Phi) is 5.32. The van der Waals surface area contributed by atoms with E-state index in [0.29, 0.717) is 22.4 Å². The smallest absolute Gasteiger partial charge is 0.163 e. The average molecular weight is 449 g/mol. The van der Waals surface area contributed by atoms with Crippen LogP contribution < -0.4 is 10.6 Å². The third-order valence-corrected chi connectivity index (χ3v) is 5.51. The highest BCUT2D eigenvalue weighted by atomic mass is 35.5. The monoisotopic (exact) mass is 448 g/mol. The molecule has 0 bridgehead atoms. The van der Waals surface area contributed by atoms with E-state index < -0.39 is 0 Å². The van der Waals surface area contributed by atoms with Gasteiger partial charge in [-0.2, -0.15) is 5.10 Å². The van der Waals surface area contributed by atoms with Gasteiger partial charge in [-0.1, -0.05) is 35.3 Å². The van der Waals surface area contributed by atoms with Crippen LogP contribution in [0.2, 0.25) is 10.0 Å². The van der Waals surface area contributed by atoms with E-state index in [1.54, 1.807) is 12.1 Å². The first-order chi connectivity index (χ1) is 15.2. The van der Waals surface area contributed by atoms with Gasteiger partial charge < -0.3 is 10.6 Å². The minimum atomic E-state index is 0.518. The highest BCUT2D eigenvalue weighted by Gasteiger charge is 2.12. The van der Waals surface area contributed by atoms with Crippen molar-refractivity contribution in [3.8, 4) is 11.4 Å². The molecule has 5 aromatic rings. The standard InChI is InChI=1S/C23H18Cl2N6/c24-15-6-8-17(19(25)11-15)23-29-20-4-2-1-3-18(20)22(30-23)27-10-9-26-16-7-5-14-13-28-31-21(14)12-16/h1-8,11-13,26H,9-10H2,(H,28,31)(H,27,29,30). The number of anilines is 2. The van der Waals surface area contributed by atoms with E-state index >= 15 is 0 Å². The molecule has 2 aromatic heterocycles. The molecule has 0 saturated heterocycles. The number of aromatic nitrogens is 4. The molecule has 0 atom stereocenters. The lowest BCUT2D eigenvalue weighted by atomic mass is 10.2. The average Bonchev–Trinajstić information content (AvgIpc) is 3.24. The van der Waals surface area contributed by atoms with Crippen molar-refractivity contribution in [2.45, 2.75) is 0 Å². The number of halogens is 2. The van der Waals surface area contributed by atoms with Crippen molar-refractivity contribution in [2.75, 3.05) is 23.7 Å². The molecule has 2 heterocycles. The maximum Gasteiger partial charge on any atom is 0.163 e. The van der Waals surface area contributed by atoms with Crippen molar-refractivity contribution in [1.29, 1.82) is 0 Å². The lowest BCUT2D eigenvalue weighted by Gasteiger charge is -2.13. The number of para-hydroxylation sites is 1. The molecule has 3 aromatic carbocycles. The van der Waals surface area contributed by atoms with E-state index in [4.69, 9.17) is 33.2 Å². The van der Waals surface area contributed by atoms with Gasteiger partial charge >= 0.3 is 0 Å². The largest absolute Gasteiger partial charge is 0.383 e. The Morgan fingerprint density at radius 1 is 0.871 bits per heavy atom. The third-order valence-electron chi connectivity index (χ3n) is 4.96. The van der Waals surface area contributed by atoms with E-state index in [1.165, 1.54) is 0 Å². The van der Waals surface area contributed by atoms with Crippen molar-refractivity contribution in [3.63, 3.8) is 0 Å². The quantitative estimate of drug-likeness (QED) is 0.277. The summed E-state index contributed by atoms with van der Waals surface area (Å²) in [6.45, 7) is 1.39. The fourth-order valence-corrected chi connectivity index (χ4v) is 3.93. The summed E-state index contributed by atoms with van der Waals surface area (Å²) in [7, 11) is 0. The van der Waals surface area contributed by atoms with Gasteiger partial charge in [0.05, 0.1) is 22.3 Å². The molecule has 3 N–H and O–H groups in total. The fraction of sp³-hybridized carbons (Fsp3) is 0.0870. The fourth-order valence-electron chi connectivity index (χ4n) is 3.44. The Hall–Kier alpha value is -3.35. The van der Waals surface area contributed by atoms with Gasteiger partial charge in [-0.3, -0.25) is 5.10 Å².